The van der Waals surface area contributed by atoms with Gasteiger partial charge in [-0.25, -0.2) is 14.4 Å². The molecule has 0 saturated heterocycles. The van der Waals surface area contributed by atoms with E-state index in [0.29, 0.717) is 32.7 Å². The van der Waals surface area contributed by atoms with Crippen molar-refractivity contribution in [2.24, 2.45) is 0 Å². The molecule has 0 fully saturated rings. The monoisotopic (exact) mass is 399 g/mol. The second kappa shape index (κ2) is 7.44. The first kappa shape index (κ1) is 18.4. The predicted octanol–water partition coefficient (Wildman–Crippen LogP) is 4.68. The van der Waals surface area contributed by atoms with Gasteiger partial charge in [-0.3, -0.25) is 4.98 Å². The summed E-state index contributed by atoms with van der Waals surface area (Å²) in [4.78, 5) is 12.8. The van der Waals surface area contributed by atoms with Crippen LogP contribution < -0.4 is 5.44 Å². The second-order valence-corrected chi connectivity index (χ2v) is 7.50. The average Bonchev–Trinajstić information content (AvgIpc) is 2.61. The van der Waals surface area contributed by atoms with Crippen LogP contribution in [0.15, 0.2) is 24.4 Å². The van der Waals surface area contributed by atoms with Gasteiger partial charge in [-0.05, 0) is 19.1 Å². The van der Waals surface area contributed by atoms with Gasteiger partial charge in [0.15, 0.2) is 5.82 Å². The molecule has 3 rings (SSSR count). The number of halogens is 3. The van der Waals surface area contributed by atoms with Gasteiger partial charge in [0.1, 0.15) is 16.6 Å². The van der Waals surface area contributed by atoms with Crippen LogP contribution in [-0.2, 0) is 9.05 Å². The lowest BCUT2D eigenvalue weighted by Crippen LogP contribution is -2.08. The van der Waals surface area contributed by atoms with Gasteiger partial charge in [-0.15, -0.1) is 0 Å². The van der Waals surface area contributed by atoms with Gasteiger partial charge in [0, 0.05) is 32.0 Å². The molecule has 0 aromatic carbocycles. The molecule has 25 heavy (non-hydrogen) atoms. The van der Waals surface area contributed by atoms with Crippen molar-refractivity contribution < 1.29 is 13.4 Å². The fourth-order valence-corrected chi connectivity index (χ4v) is 3.60. The smallest absolute Gasteiger partial charge is 0.224 e. The Balaban J connectivity index is 2.11. The Bertz CT molecular complexity index is 937. The minimum atomic E-state index is -1.26. The van der Waals surface area contributed by atoms with Crippen molar-refractivity contribution in [2.75, 3.05) is 14.2 Å². The highest BCUT2D eigenvalue weighted by Gasteiger charge is 2.17. The Morgan fingerprint density at radius 3 is 2.40 bits per heavy atom. The van der Waals surface area contributed by atoms with Crippen molar-refractivity contribution in [3.63, 3.8) is 0 Å². The average molecular weight is 400 g/mol. The van der Waals surface area contributed by atoms with Gasteiger partial charge in [0.2, 0.25) is 8.38 Å². The van der Waals surface area contributed by atoms with Gasteiger partial charge in [0.25, 0.3) is 0 Å². The third kappa shape index (κ3) is 3.46. The van der Waals surface area contributed by atoms with E-state index >= 15 is 0 Å². The molecule has 0 atom stereocenters. The lowest BCUT2D eigenvalue weighted by Gasteiger charge is -2.12. The highest BCUT2D eigenvalue weighted by molar-refractivity contribution is 7.55. The molecule has 0 spiro atoms. The molecule has 0 amide bonds. The van der Waals surface area contributed by atoms with Crippen molar-refractivity contribution in [1.82, 2.24) is 15.0 Å². The van der Waals surface area contributed by atoms with E-state index in [-0.39, 0.29) is 10.7 Å². The molecule has 0 aliphatic heterocycles. The van der Waals surface area contributed by atoms with Gasteiger partial charge >= 0.3 is 0 Å². The number of nitrogens with zero attached hydrogens (tertiary/aromatic N) is 3. The Labute approximate surface area is 155 Å². The van der Waals surface area contributed by atoms with Gasteiger partial charge in [0.05, 0.1) is 21.3 Å². The van der Waals surface area contributed by atoms with E-state index in [4.69, 9.17) is 32.2 Å². The lowest BCUT2D eigenvalue weighted by molar-refractivity contribution is 0.349. The fraction of sp³-hybridized carbons (Fsp3) is 0.188. The number of aromatic nitrogens is 3. The quantitative estimate of drug-likeness (QED) is 0.596. The number of hydrogen-bond acceptors (Lipinski definition) is 5. The zero-order valence-electron chi connectivity index (χ0n) is 13.5. The maximum atomic E-state index is 14.5. The Kier molecular flexibility index (Phi) is 5.46. The molecule has 0 saturated carbocycles. The van der Waals surface area contributed by atoms with Crippen LogP contribution in [0, 0.1) is 12.7 Å². The number of fused-ring (bicyclic) bond motifs is 1. The maximum Gasteiger partial charge on any atom is 0.224 e. The third-order valence-corrected chi connectivity index (χ3v) is 5.73. The van der Waals surface area contributed by atoms with Gasteiger partial charge < -0.3 is 9.05 Å². The van der Waals surface area contributed by atoms with E-state index in [0.717, 1.165) is 0 Å². The fourth-order valence-electron chi connectivity index (χ4n) is 2.32. The molecule has 3 aromatic heterocycles. The van der Waals surface area contributed by atoms with E-state index in [1.165, 1.54) is 26.5 Å². The van der Waals surface area contributed by atoms with Crippen molar-refractivity contribution in [3.05, 3.63) is 46.0 Å². The van der Waals surface area contributed by atoms with Crippen molar-refractivity contribution in [1.29, 1.82) is 0 Å². The topological polar surface area (TPSA) is 57.1 Å². The van der Waals surface area contributed by atoms with Crippen molar-refractivity contribution >= 4 is 48.0 Å². The molecule has 0 N–H and O–H groups in total. The summed E-state index contributed by atoms with van der Waals surface area (Å²) in [5, 5.41) is 0.552. The number of pyridine rings is 3. The zero-order chi connectivity index (χ0) is 18.1. The molecule has 0 aliphatic rings. The predicted molar refractivity (Wildman–Crippen MR) is 98.1 cm³/mol. The van der Waals surface area contributed by atoms with Crippen LogP contribution in [0.2, 0.25) is 10.0 Å². The maximum absolute atomic E-state index is 14.5. The zero-order valence-corrected chi connectivity index (χ0v) is 16.0. The molecule has 9 heteroatoms. The van der Waals surface area contributed by atoms with Gasteiger partial charge in [-0.2, -0.15) is 0 Å². The number of aryl methyl sites for hydroxylation is 1. The lowest BCUT2D eigenvalue weighted by atomic mass is 10.1. The van der Waals surface area contributed by atoms with Crippen LogP contribution in [-0.4, -0.2) is 29.2 Å². The van der Waals surface area contributed by atoms with Gasteiger partial charge in [-0.1, -0.05) is 23.2 Å². The minimum absolute atomic E-state index is 0.120. The highest BCUT2D eigenvalue weighted by Crippen LogP contribution is 2.35. The van der Waals surface area contributed by atoms with E-state index in [2.05, 4.69) is 15.0 Å². The summed E-state index contributed by atoms with van der Waals surface area (Å²) in [5.74, 6) is -0.520. The first-order valence-electron chi connectivity index (χ1n) is 7.13. The summed E-state index contributed by atoms with van der Waals surface area (Å²) in [6, 6.07) is 4.70. The molecule has 3 aromatic rings. The Morgan fingerprint density at radius 2 is 1.80 bits per heavy atom. The summed E-state index contributed by atoms with van der Waals surface area (Å²) in [6.07, 6.45) is 1.51. The van der Waals surface area contributed by atoms with E-state index in [9.17, 15) is 4.39 Å². The highest BCUT2D eigenvalue weighted by atomic mass is 35.5. The van der Waals surface area contributed by atoms with E-state index < -0.39 is 14.2 Å². The van der Waals surface area contributed by atoms with Crippen LogP contribution in [0.3, 0.4) is 0 Å². The van der Waals surface area contributed by atoms with Crippen LogP contribution in [0.5, 0.6) is 0 Å². The molecular weight excluding hydrogens is 387 g/mol. The Morgan fingerprint density at radius 1 is 1.08 bits per heavy atom. The third-order valence-electron chi connectivity index (χ3n) is 3.50. The van der Waals surface area contributed by atoms with Crippen LogP contribution in [0.1, 0.15) is 5.69 Å². The first-order valence-corrected chi connectivity index (χ1v) is 9.06. The molecular formula is C16H13Cl2FN3O2P. The summed E-state index contributed by atoms with van der Waals surface area (Å²) in [7, 11) is 1.82. The molecule has 0 bridgehead atoms. The van der Waals surface area contributed by atoms with E-state index in [1.54, 1.807) is 19.1 Å². The second-order valence-electron chi connectivity index (χ2n) is 5.04. The summed E-state index contributed by atoms with van der Waals surface area (Å²) in [5.41, 5.74) is 2.45. The molecule has 5 nitrogen and oxygen atoms in total. The van der Waals surface area contributed by atoms with Crippen LogP contribution in [0.4, 0.5) is 4.39 Å². The summed E-state index contributed by atoms with van der Waals surface area (Å²) in [6.45, 7) is 1.70. The normalized spacial score (nSPS) is 11.5. The van der Waals surface area contributed by atoms with E-state index in [1.807, 2.05) is 0 Å². The molecule has 0 aliphatic carbocycles. The summed E-state index contributed by atoms with van der Waals surface area (Å²) >= 11 is 12.4. The number of rotatable bonds is 4. The van der Waals surface area contributed by atoms with Crippen LogP contribution in [0.25, 0.3) is 22.3 Å². The molecule has 0 radical (unpaired) electrons. The largest absolute Gasteiger partial charge is 0.333 e. The SMILES string of the molecule is COP(OC)c1ccc(-c2nc3c(Cl)c(Cl)c(C)nc3cc2F)cn1. The van der Waals surface area contributed by atoms with Crippen molar-refractivity contribution in [3.8, 4) is 11.3 Å². The van der Waals surface area contributed by atoms with Crippen molar-refractivity contribution in [2.45, 2.75) is 6.92 Å². The number of hydrogen-bond donors (Lipinski definition) is 0. The molecule has 0 unspecified atom stereocenters. The molecule has 130 valence electrons. The molecule has 3 heterocycles. The summed E-state index contributed by atoms with van der Waals surface area (Å²) < 4.78 is 24.9. The minimum Gasteiger partial charge on any atom is -0.333 e. The van der Waals surface area contributed by atoms with Crippen LogP contribution >= 0.6 is 31.6 Å². The standard InChI is InChI=1S/C16H13Cl2FN3O2P/c1-8-13(17)14(18)16-11(21-8)6-10(19)15(22-16)9-4-5-12(20-7-9)25(23-2)24-3/h4-7H,1-3H3. The Hall–Kier alpha value is -1.43. The first-order chi connectivity index (χ1) is 12.0.